The number of allylic oxidation sites excluding steroid dienone is 1. The Bertz CT molecular complexity index is 599. The molecule has 0 radical (unpaired) electrons. The Balaban J connectivity index is 1.70. The Morgan fingerprint density at radius 3 is 2.56 bits per heavy atom. The molecule has 4 rings (SSSR count). The van der Waals surface area contributed by atoms with Crippen molar-refractivity contribution in [2.24, 2.45) is 34.5 Å². The van der Waals surface area contributed by atoms with Crippen molar-refractivity contribution in [1.29, 1.82) is 0 Å². The van der Waals surface area contributed by atoms with E-state index in [4.69, 9.17) is 0 Å². The lowest BCUT2D eigenvalue weighted by Crippen LogP contribution is -2.54. The molecule has 0 aromatic carbocycles. The summed E-state index contributed by atoms with van der Waals surface area (Å²) < 4.78 is 28.7. The summed E-state index contributed by atoms with van der Waals surface area (Å²) in [5.41, 5.74) is 0.311. The molecule has 0 aliphatic heterocycles. The van der Waals surface area contributed by atoms with Gasteiger partial charge >= 0.3 is 0 Å². The Labute approximate surface area is 149 Å². The van der Waals surface area contributed by atoms with Crippen LogP contribution < -0.4 is 0 Å². The van der Waals surface area contributed by atoms with Gasteiger partial charge in [-0.15, -0.1) is 0 Å². The average molecular weight is 352 g/mol. The number of hydrogen-bond donors (Lipinski definition) is 1. The second-order valence-electron chi connectivity index (χ2n) is 9.35. The Kier molecular flexibility index (Phi) is 4.14. The number of carbonyl (C=O) groups excluding carboxylic acids is 1. The van der Waals surface area contributed by atoms with Gasteiger partial charge < -0.3 is 5.11 Å². The molecule has 0 aromatic heterocycles. The first-order valence-electron chi connectivity index (χ1n) is 10.0. The molecule has 0 saturated heterocycles. The molecule has 4 aliphatic rings. The van der Waals surface area contributed by atoms with Gasteiger partial charge in [-0.3, -0.25) is 4.79 Å². The smallest absolute Gasteiger partial charge is 0.244 e. The normalized spacial score (nSPS) is 47.8. The Morgan fingerprint density at radius 1 is 1.12 bits per heavy atom. The number of alkyl halides is 2. The number of aliphatic hydroxyl groups excluding tert-OH is 1. The van der Waals surface area contributed by atoms with Crippen LogP contribution in [0.15, 0.2) is 11.6 Å². The zero-order valence-electron chi connectivity index (χ0n) is 15.3. The van der Waals surface area contributed by atoms with Crippen LogP contribution in [0.5, 0.6) is 0 Å². The van der Waals surface area contributed by atoms with Crippen LogP contribution in [0.2, 0.25) is 0 Å². The molecule has 3 fully saturated rings. The van der Waals surface area contributed by atoms with Crippen molar-refractivity contribution in [3.05, 3.63) is 11.6 Å². The molecule has 0 spiro atoms. The minimum absolute atomic E-state index is 0.0219. The molecule has 0 aromatic rings. The molecular formula is C21H30F2O2. The molecule has 140 valence electrons. The highest BCUT2D eigenvalue weighted by molar-refractivity contribution is 5.91. The summed E-state index contributed by atoms with van der Waals surface area (Å²) in [6.07, 6.45) is 5.07. The van der Waals surface area contributed by atoms with Crippen LogP contribution in [0.4, 0.5) is 8.78 Å². The van der Waals surface area contributed by atoms with E-state index in [-0.39, 0.29) is 23.0 Å². The summed E-state index contributed by atoms with van der Waals surface area (Å²) in [7, 11) is 0. The number of hydrogen-bond acceptors (Lipinski definition) is 2. The summed E-state index contributed by atoms with van der Waals surface area (Å²) in [6.45, 7) is 3.97. The minimum Gasteiger partial charge on any atom is -0.393 e. The third kappa shape index (κ3) is 2.32. The zero-order valence-corrected chi connectivity index (χ0v) is 15.3. The fraction of sp³-hybridized carbons (Fsp3) is 0.857. The van der Waals surface area contributed by atoms with Crippen molar-refractivity contribution < 1.29 is 18.7 Å². The molecule has 7 atom stereocenters. The van der Waals surface area contributed by atoms with Gasteiger partial charge in [0.25, 0.3) is 0 Å². The topological polar surface area (TPSA) is 37.3 Å². The number of aliphatic hydroxyl groups is 1. The predicted octanol–water partition coefficient (Wildman–Crippen LogP) is 4.76. The van der Waals surface area contributed by atoms with E-state index in [0.717, 1.165) is 38.5 Å². The van der Waals surface area contributed by atoms with Gasteiger partial charge in [0, 0.05) is 11.8 Å². The summed E-state index contributed by atoms with van der Waals surface area (Å²) in [5, 5.41) is 10.2. The third-order valence-electron chi connectivity index (χ3n) is 8.60. The number of rotatable bonds is 2. The molecule has 3 saturated carbocycles. The largest absolute Gasteiger partial charge is 0.393 e. The first-order valence-corrected chi connectivity index (χ1v) is 10.0. The summed E-state index contributed by atoms with van der Waals surface area (Å²) in [6, 6.07) is 0. The van der Waals surface area contributed by atoms with Gasteiger partial charge in [0.2, 0.25) is 6.43 Å². The standard InChI is InChI=1S/C21H30F2O2/c1-12(24)16-5-6-18-15-4-3-13-11-14(25)7-9-20(13,2)17(15)8-10-21(16,18)19(22)23/h11-12,15-19,24H,3-10H2,1-2H3/t12?,15-,16-,17+,18+,20+,21+/m1/s1. The van der Waals surface area contributed by atoms with Gasteiger partial charge in [0.1, 0.15) is 0 Å². The molecule has 2 nitrogen and oxygen atoms in total. The fourth-order valence-corrected chi connectivity index (χ4v) is 7.45. The van der Waals surface area contributed by atoms with Gasteiger partial charge in [0.05, 0.1) is 6.10 Å². The van der Waals surface area contributed by atoms with E-state index < -0.39 is 17.9 Å². The molecule has 0 bridgehead atoms. The lowest BCUT2D eigenvalue weighted by atomic mass is 9.46. The van der Waals surface area contributed by atoms with Crippen molar-refractivity contribution in [2.45, 2.75) is 77.7 Å². The molecule has 0 amide bonds. The van der Waals surface area contributed by atoms with E-state index in [2.05, 4.69) is 6.92 Å². The van der Waals surface area contributed by atoms with Gasteiger partial charge in [-0.05, 0) is 87.0 Å². The highest BCUT2D eigenvalue weighted by Crippen LogP contribution is 2.68. The maximum Gasteiger partial charge on any atom is 0.244 e. The van der Waals surface area contributed by atoms with Crippen molar-refractivity contribution in [2.75, 3.05) is 0 Å². The maximum absolute atomic E-state index is 14.3. The van der Waals surface area contributed by atoms with E-state index in [1.54, 1.807) is 6.92 Å². The molecule has 4 aliphatic carbocycles. The summed E-state index contributed by atoms with van der Waals surface area (Å²) in [4.78, 5) is 11.9. The van der Waals surface area contributed by atoms with Crippen LogP contribution in [0, 0.1) is 34.5 Å². The van der Waals surface area contributed by atoms with Gasteiger partial charge in [-0.25, -0.2) is 8.78 Å². The zero-order chi connectivity index (χ0) is 18.0. The first kappa shape index (κ1) is 17.6. The van der Waals surface area contributed by atoms with Gasteiger partial charge in [-0.1, -0.05) is 12.5 Å². The van der Waals surface area contributed by atoms with Crippen LogP contribution in [0.25, 0.3) is 0 Å². The molecule has 25 heavy (non-hydrogen) atoms. The SMILES string of the molecule is CC(O)[C@H]1CC[C@H]2[C@@H]3CCC4=CC(=O)CC[C@]4(C)[C@H]3CC[C@]12C(F)F. The quantitative estimate of drug-likeness (QED) is 0.778. The lowest BCUT2D eigenvalue weighted by Gasteiger charge is -2.58. The van der Waals surface area contributed by atoms with Crippen LogP contribution in [0.3, 0.4) is 0 Å². The summed E-state index contributed by atoms with van der Waals surface area (Å²) >= 11 is 0. The number of ketones is 1. The van der Waals surface area contributed by atoms with Crippen molar-refractivity contribution in [1.82, 2.24) is 0 Å². The van der Waals surface area contributed by atoms with Crippen molar-refractivity contribution in [3.63, 3.8) is 0 Å². The minimum atomic E-state index is -2.35. The molecule has 0 heterocycles. The number of fused-ring (bicyclic) bond motifs is 5. The van der Waals surface area contributed by atoms with E-state index in [1.165, 1.54) is 5.57 Å². The van der Waals surface area contributed by atoms with Crippen LogP contribution >= 0.6 is 0 Å². The van der Waals surface area contributed by atoms with E-state index >= 15 is 0 Å². The van der Waals surface area contributed by atoms with Gasteiger partial charge in [0.15, 0.2) is 5.78 Å². The summed E-state index contributed by atoms with van der Waals surface area (Å²) in [5.74, 6) is 0.740. The third-order valence-corrected chi connectivity index (χ3v) is 8.60. The van der Waals surface area contributed by atoms with Crippen LogP contribution in [-0.2, 0) is 4.79 Å². The average Bonchev–Trinajstić information content (AvgIpc) is 2.96. The second-order valence-corrected chi connectivity index (χ2v) is 9.35. The van der Waals surface area contributed by atoms with Gasteiger partial charge in [-0.2, -0.15) is 0 Å². The van der Waals surface area contributed by atoms with E-state index in [0.29, 0.717) is 24.7 Å². The molecule has 1 N–H and O–H groups in total. The molecule has 1 unspecified atom stereocenters. The predicted molar refractivity (Wildman–Crippen MR) is 92.2 cm³/mol. The Morgan fingerprint density at radius 2 is 1.88 bits per heavy atom. The first-order chi connectivity index (χ1) is 11.8. The highest BCUT2D eigenvalue weighted by Gasteiger charge is 2.64. The highest BCUT2D eigenvalue weighted by atomic mass is 19.3. The fourth-order valence-electron chi connectivity index (χ4n) is 7.45. The van der Waals surface area contributed by atoms with Crippen molar-refractivity contribution >= 4 is 5.78 Å². The number of halogens is 2. The monoisotopic (exact) mass is 352 g/mol. The van der Waals surface area contributed by atoms with Crippen LogP contribution in [-0.4, -0.2) is 23.4 Å². The maximum atomic E-state index is 14.3. The van der Waals surface area contributed by atoms with E-state index in [1.807, 2.05) is 6.08 Å². The molecular weight excluding hydrogens is 322 g/mol. The van der Waals surface area contributed by atoms with Crippen molar-refractivity contribution in [3.8, 4) is 0 Å². The van der Waals surface area contributed by atoms with Crippen LogP contribution in [0.1, 0.15) is 65.2 Å². The second kappa shape index (κ2) is 5.87. The molecule has 4 heteroatoms. The lowest BCUT2D eigenvalue weighted by molar-refractivity contribution is -0.153. The van der Waals surface area contributed by atoms with E-state index in [9.17, 15) is 18.7 Å². The Hall–Kier alpha value is -0.770. The number of carbonyl (C=O) groups is 1.